The summed E-state index contributed by atoms with van der Waals surface area (Å²) in [6.07, 6.45) is 0. The van der Waals surface area contributed by atoms with Gasteiger partial charge in [-0.25, -0.2) is 4.79 Å². The molecule has 0 aliphatic heterocycles. The van der Waals surface area contributed by atoms with Gasteiger partial charge in [0.2, 0.25) is 0 Å². The summed E-state index contributed by atoms with van der Waals surface area (Å²) in [4.78, 5) is 23.7. The number of ether oxygens (including phenoxy) is 1. The topological polar surface area (TPSA) is 79.2 Å². The Labute approximate surface area is 129 Å². The summed E-state index contributed by atoms with van der Waals surface area (Å²) < 4.78 is 4.87. The Hall–Kier alpha value is -2.36. The van der Waals surface area contributed by atoms with E-state index in [0.29, 0.717) is 9.90 Å². The number of anilines is 1. The zero-order valence-electron chi connectivity index (χ0n) is 10.6. The van der Waals surface area contributed by atoms with Crippen molar-refractivity contribution < 1.29 is 14.3 Å². The van der Waals surface area contributed by atoms with E-state index in [-0.39, 0.29) is 11.3 Å². The van der Waals surface area contributed by atoms with Crippen LogP contribution in [0.15, 0.2) is 35.7 Å². The molecule has 0 aliphatic rings. The van der Waals surface area contributed by atoms with Crippen LogP contribution in [0.4, 0.5) is 5.69 Å². The van der Waals surface area contributed by atoms with E-state index in [1.807, 2.05) is 6.07 Å². The number of rotatable bonds is 4. The van der Waals surface area contributed by atoms with Gasteiger partial charge in [0.15, 0.2) is 6.61 Å². The van der Waals surface area contributed by atoms with E-state index in [4.69, 9.17) is 21.6 Å². The molecular formula is C14H9ClN2O3S. The normalized spacial score (nSPS) is 9.71. The minimum Gasteiger partial charge on any atom is -0.451 e. The van der Waals surface area contributed by atoms with Crippen LogP contribution in [0.1, 0.15) is 15.2 Å². The van der Waals surface area contributed by atoms with Gasteiger partial charge in [0.05, 0.1) is 11.3 Å². The fraction of sp³-hybridized carbons (Fsp3) is 0.0714. The first-order valence-electron chi connectivity index (χ1n) is 5.80. The van der Waals surface area contributed by atoms with Gasteiger partial charge in [-0.2, -0.15) is 5.26 Å². The zero-order valence-corrected chi connectivity index (χ0v) is 12.2. The van der Waals surface area contributed by atoms with Crippen LogP contribution in [-0.4, -0.2) is 18.5 Å². The summed E-state index contributed by atoms with van der Waals surface area (Å²) in [6.45, 7) is -0.436. The van der Waals surface area contributed by atoms with Gasteiger partial charge >= 0.3 is 5.97 Å². The molecule has 5 nitrogen and oxygen atoms in total. The summed E-state index contributed by atoms with van der Waals surface area (Å²) in [6, 6.07) is 9.76. The van der Waals surface area contributed by atoms with Crippen molar-refractivity contribution in [2.75, 3.05) is 11.9 Å². The first-order valence-corrected chi connectivity index (χ1v) is 7.06. The molecular weight excluding hydrogens is 312 g/mol. The highest BCUT2D eigenvalue weighted by atomic mass is 35.5. The lowest BCUT2D eigenvalue weighted by Gasteiger charge is -2.07. The SMILES string of the molecule is N#Cc1ccc(Cl)cc1NC(=O)COC(=O)c1cccs1. The largest absolute Gasteiger partial charge is 0.451 e. The Kier molecular flexibility index (Phi) is 4.93. The number of nitrogens with one attached hydrogen (secondary N) is 1. The number of carbonyl (C=O) groups excluding carboxylic acids is 2. The van der Waals surface area contributed by atoms with E-state index in [1.54, 1.807) is 23.6 Å². The van der Waals surface area contributed by atoms with Gasteiger partial charge in [0.25, 0.3) is 5.91 Å². The second-order valence-corrected chi connectivity index (χ2v) is 5.29. The fourth-order valence-electron chi connectivity index (χ4n) is 1.50. The fourth-order valence-corrected chi connectivity index (χ4v) is 2.29. The first kappa shape index (κ1) is 15.0. The first-order chi connectivity index (χ1) is 10.1. The van der Waals surface area contributed by atoms with Crippen LogP contribution in [-0.2, 0) is 9.53 Å². The van der Waals surface area contributed by atoms with E-state index >= 15 is 0 Å². The molecule has 0 aliphatic carbocycles. The van der Waals surface area contributed by atoms with Gasteiger partial charge in [-0.05, 0) is 29.6 Å². The molecule has 2 aromatic rings. The number of halogens is 1. The van der Waals surface area contributed by atoms with Crippen molar-refractivity contribution in [2.45, 2.75) is 0 Å². The van der Waals surface area contributed by atoms with Gasteiger partial charge < -0.3 is 10.1 Å². The van der Waals surface area contributed by atoms with Gasteiger partial charge in [-0.15, -0.1) is 11.3 Å². The third kappa shape index (κ3) is 4.05. The van der Waals surface area contributed by atoms with Crippen LogP contribution in [0.25, 0.3) is 0 Å². The smallest absolute Gasteiger partial charge is 0.348 e. The lowest BCUT2D eigenvalue weighted by molar-refractivity contribution is -0.119. The molecule has 0 atom stereocenters. The molecule has 0 radical (unpaired) electrons. The Morgan fingerprint density at radius 2 is 2.19 bits per heavy atom. The highest BCUT2D eigenvalue weighted by Gasteiger charge is 2.12. The van der Waals surface area contributed by atoms with Crippen LogP contribution in [0.5, 0.6) is 0 Å². The van der Waals surface area contributed by atoms with E-state index in [2.05, 4.69) is 5.32 Å². The molecule has 21 heavy (non-hydrogen) atoms. The third-order valence-electron chi connectivity index (χ3n) is 2.43. The number of esters is 1. The summed E-state index contributed by atoms with van der Waals surface area (Å²) in [5.74, 6) is -1.11. The number of amides is 1. The average molecular weight is 321 g/mol. The monoisotopic (exact) mass is 320 g/mol. The van der Waals surface area contributed by atoms with Crippen molar-refractivity contribution in [3.05, 3.63) is 51.2 Å². The molecule has 1 aromatic heterocycles. The number of nitrogens with zero attached hydrogens (tertiary/aromatic N) is 1. The van der Waals surface area contributed by atoms with Gasteiger partial charge in [-0.1, -0.05) is 17.7 Å². The molecule has 1 N–H and O–H groups in total. The van der Waals surface area contributed by atoms with Crippen molar-refractivity contribution >= 4 is 40.5 Å². The van der Waals surface area contributed by atoms with Crippen molar-refractivity contribution in [3.8, 4) is 6.07 Å². The van der Waals surface area contributed by atoms with Crippen LogP contribution in [0.3, 0.4) is 0 Å². The average Bonchev–Trinajstić information content (AvgIpc) is 2.99. The molecule has 0 spiro atoms. The number of benzene rings is 1. The highest BCUT2D eigenvalue weighted by Crippen LogP contribution is 2.20. The maximum atomic E-state index is 11.7. The van der Waals surface area contributed by atoms with E-state index in [1.165, 1.54) is 23.5 Å². The lowest BCUT2D eigenvalue weighted by atomic mass is 10.2. The number of hydrogen-bond acceptors (Lipinski definition) is 5. The third-order valence-corrected chi connectivity index (χ3v) is 3.52. The predicted octanol–water partition coefficient (Wildman–Crippen LogP) is 3.07. The summed E-state index contributed by atoms with van der Waals surface area (Å²) in [7, 11) is 0. The van der Waals surface area contributed by atoms with Crippen LogP contribution in [0, 0.1) is 11.3 Å². The zero-order chi connectivity index (χ0) is 15.2. The van der Waals surface area contributed by atoms with E-state index in [0.717, 1.165) is 0 Å². The minimum absolute atomic E-state index is 0.275. The lowest BCUT2D eigenvalue weighted by Crippen LogP contribution is -2.21. The summed E-state index contributed by atoms with van der Waals surface area (Å²) >= 11 is 7.04. The number of nitriles is 1. The predicted molar refractivity (Wildman–Crippen MR) is 79.4 cm³/mol. The van der Waals surface area contributed by atoms with Gasteiger partial charge in [-0.3, -0.25) is 4.79 Å². The number of hydrogen-bond donors (Lipinski definition) is 1. The maximum Gasteiger partial charge on any atom is 0.348 e. The molecule has 0 saturated heterocycles. The molecule has 0 bridgehead atoms. The number of carbonyl (C=O) groups is 2. The van der Waals surface area contributed by atoms with E-state index in [9.17, 15) is 9.59 Å². The van der Waals surface area contributed by atoms with Crippen molar-refractivity contribution in [1.29, 1.82) is 5.26 Å². The Balaban J connectivity index is 1.95. The Morgan fingerprint density at radius 1 is 1.38 bits per heavy atom. The Bertz CT molecular complexity index is 708. The minimum atomic E-state index is -0.563. The van der Waals surface area contributed by atoms with Gasteiger partial charge in [0, 0.05) is 5.02 Å². The maximum absolute atomic E-state index is 11.7. The van der Waals surface area contributed by atoms with Crippen molar-refractivity contribution in [3.63, 3.8) is 0 Å². The summed E-state index contributed by atoms with van der Waals surface area (Å²) in [5, 5.41) is 13.5. The standard InChI is InChI=1S/C14H9ClN2O3S/c15-10-4-3-9(7-16)11(6-10)17-13(18)8-20-14(19)12-2-1-5-21-12/h1-6H,8H2,(H,17,18). The molecule has 2 rings (SSSR count). The molecule has 1 heterocycles. The molecule has 1 amide bonds. The van der Waals surface area contributed by atoms with E-state index < -0.39 is 18.5 Å². The quantitative estimate of drug-likeness (QED) is 0.878. The Morgan fingerprint density at radius 3 is 2.86 bits per heavy atom. The second kappa shape index (κ2) is 6.88. The molecule has 0 fully saturated rings. The molecule has 0 saturated carbocycles. The second-order valence-electron chi connectivity index (χ2n) is 3.90. The van der Waals surface area contributed by atoms with Crippen LogP contribution >= 0.6 is 22.9 Å². The van der Waals surface area contributed by atoms with Crippen LogP contribution < -0.4 is 5.32 Å². The van der Waals surface area contributed by atoms with Crippen molar-refractivity contribution in [2.24, 2.45) is 0 Å². The van der Waals surface area contributed by atoms with Gasteiger partial charge in [0.1, 0.15) is 10.9 Å². The number of thiophene rings is 1. The molecule has 106 valence electrons. The molecule has 1 aromatic carbocycles. The highest BCUT2D eigenvalue weighted by molar-refractivity contribution is 7.11. The van der Waals surface area contributed by atoms with Crippen molar-refractivity contribution in [1.82, 2.24) is 0 Å². The molecule has 0 unspecified atom stereocenters. The van der Waals surface area contributed by atoms with Crippen LogP contribution in [0.2, 0.25) is 5.02 Å². The summed E-state index contributed by atoms with van der Waals surface area (Å²) in [5.41, 5.74) is 0.555. The molecule has 7 heteroatoms.